The largest absolute Gasteiger partial charge is 0.379 e. The van der Waals surface area contributed by atoms with Gasteiger partial charge in [-0.15, -0.1) is 11.3 Å². The summed E-state index contributed by atoms with van der Waals surface area (Å²) in [4.78, 5) is 15.3. The molecule has 0 spiro atoms. The molecule has 1 aliphatic heterocycles. The Morgan fingerprint density at radius 2 is 2.04 bits per heavy atom. The van der Waals surface area contributed by atoms with Crippen molar-refractivity contribution in [1.29, 1.82) is 0 Å². The standard InChI is InChI=1S/C16H16Br2N2O2S/c17-13-9-14(23-15(13)18)16(21)19-12-3-1-2-11(8-12)10-20-4-6-22-7-5-20/h1-3,8-9H,4-7,10H2,(H,19,21). The first-order chi connectivity index (χ1) is 11.1. The van der Waals surface area contributed by atoms with Gasteiger partial charge in [-0.25, -0.2) is 0 Å². The highest BCUT2D eigenvalue weighted by Gasteiger charge is 2.13. The molecular formula is C16H16Br2N2O2S. The molecule has 23 heavy (non-hydrogen) atoms. The highest BCUT2D eigenvalue weighted by atomic mass is 79.9. The third-order valence-electron chi connectivity index (χ3n) is 3.56. The molecule has 4 nitrogen and oxygen atoms in total. The average Bonchev–Trinajstić information content (AvgIpc) is 2.88. The van der Waals surface area contributed by atoms with E-state index in [9.17, 15) is 4.79 Å². The molecule has 0 unspecified atom stereocenters. The molecular weight excluding hydrogens is 444 g/mol. The summed E-state index contributed by atoms with van der Waals surface area (Å²) in [7, 11) is 0. The molecule has 1 N–H and O–H groups in total. The highest BCUT2D eigenvalue weighted by molar-refractivity contribution is 9.13. The number of rotatable bonds is 4. The molecule has 0 aliphatic carbocycles. The monoisotopic (exact) mass is 458 g/mol. The molecule has 0 bridgehead atoms. The summed E-state index contributed by atoms with van der Waals surface area (Å²) in [5.74, 6) is -0.0927. The van der Waals surface area contributed by atoms with Gasteiger partial charge in [-0.05, 0) is 55.6 Å². The number of nitrogens with zero attached hydrogens (tertiary/aromatic N) is 1. The quantitative estimate of drug-likeness (QED) is 0.738. The summed E-state index contributed by atoms with van der Waals surface area (Å²) in [6, 6.07) is 9.83. The molecule has 3 rings (SSSR count). The Balaban J connectivity index is 1.65. The predicted molar refractivity (Wildman–Crippen MR) is 100 cm³/mol. The fourth-order valence-corrected chi connectivity index (χ4v) is 4.35. The molecule has 122 valence electrons. The van der Waals surface area contributed by atoms with E-state index in [4.69, 9.17) is 4.74 Å². The van der Waals surface area contributed by atoms with Crippen LogP contribution in [0.4, 0.5) is 5.69 Å². The molecule has 0 radical (unpaired) electrons. The molecule has 1 saturated heterocycles. The minimum absolute atomic E-state index is 0.0927. The maximum atomic E-state index is 12.3. The number of nitrogens with one attached hydrogen (secondary N) is 1. The van der Waals surface area contributed by atoms with Gasteiger partial charge in [0.2, 0.25) is 0 Å². The van der Waals surface area contributed by atoms with Gasteiger partial charge in [-0.3, -0.25) is 9.69 Å². The third-order valence-corrected chi connectivity index (χ3v) is 6.82. The van der Waals surface area contributed by atoms with E-state index in [1.165, 1.54) is 16.9 Å². The van der Waals surface area contributed by atoms with Gasteiger partial charge in [0.15, 0.2) is 0 Å². The number of hydrogen-bond acceptors (Lipinski definition) is 4. The van der Waals surface area contributed by atoms with E-state index in [1.54, 1.807) is 0 Å². The maximum Gasteiger partial charge on any atom is 0.265 e. The van der Waals surface area contributed by atoms with Crippen molar-refractivity contribution in [2.24, 2.45) is 0 Å². The van der Waals surface area contributed by atoms with Gasteiger partial charge < -0.3 is 10.1 Å². The highest BCUT2D eigenvalue weighted by Crippen LogP contribution is 2.32. The Bertz CT molecular complexity index is 680. The molecule has 1 aromatic carbocycles. The van der Waals surface area contributed by atoms with Crippen LogP contribution < -0.4 is 5.32 Å². The first-order valence-electron chi connectivity index (χ1n) is 7.27. The van der Waals surface area contributed by atoms with Crippen LogP contribution in [0.5, 0.6) is 0 Å². The number of thiophene rings is 1. The second-order valence-electron chi connectivity index (χ2n) is 5.28. The molecule has 0 saturated carbocycles. The first-order valence-corrected chi connectivity index (χ1v) is 9.67. The number of carbonyl (C=O) groups is 1. The topological polar surface area (TPSA) is 41.6 Å². The van der Waals surface area contributed by atoms with Gasteiger partial charge >= 0.3 is 0 Å². The van der Waals surface area contributed by atoms with Crippen LogP contribution >= 0.6 is 43.2 Å². The van der Waals surface area contributed by atoms with E-state index < -0.39 is 0 Å². The lowest BCUT2D eigenvalue weighted by Gasteiger charge is -2.26. The normalized spacial score (nSPS) is 15.6. The molecule has 2 aromatic rings. The third kappa shape index (κ3) is 4.64. The zero-order valence-electron chi connectivity index (χ0n) is 12.4. The Morgan fingerprint density at radius 1 is 1.26 bits per heavy atom. The molecule has 1 fully saturated rings. The predicted octanol–water partition coefficient (Wildman–Crippen LogP) is 4.36. The molecule has 1 aliphatic rings. The van der Waals surface area contributed by atoms with Gasteiger partial charge in [0, 0.05) is 29.8 Å². The van der Waals surface area contributed by atoms with Crippen molar-refractivity contribution in [3.05, 3.63) is 49.0 Å². The fourth-order valence-electron chi connectivity index (χ4n) is 2.42. The van der Waals surface area contributed by atoms with Crippen molar-refractivity contribution < 1.29 is 9.53 Å². The van der Waals surface area contributed by atoms with Gasteiger partial charge in [-0.1, -0.05) is 12.1 Å². The van der Waals surface area contributed by atoms with Crippen LogP contribution in [0.2, 0.25) is 0 Å². The lowest BCUT2D eigenvalue weighted by Crippen LogP contribution is -2.35. The van der Waals surface area contributed by atoms with Crippen LogP contribution in [0, 0.1) is 0 Å². The smallest absolute Gasteiger partial charge is 0.265 e. The molecule has 2 heterocycles. The maximum absolute atomic E-state index is 12.3. The molecule has 0 atom stereocenters. The lowest BCUT2D eigenvalue weighted by atomic mass is 10.2. The summed E-state index contributed by atoms with van der Waals surface area (Å²) in [6.07, 6.45) is 0. The fraction of sp³-hybridized carbons (Fsp3) is 0.312. The van der Waals surface area contributed by atoms with Gasteiger partial charge in [-0.2, -0.15) is 0 Å². The summed E-state index contributed by atoms with van der Waals surface area (Å²) >= 11 is 8.23. The number of carbonyl (C=O) groups excluding carboxylic acids is 1. The zero-order valence-corrected chi connectivity index (χ0v) is 16.3. The SMILES string of the molecule is O=C(Nc1cccc(CN2CCOCC2)c1)c1cc(Br)c(Br)s1. The van der Waals surface area contributed by atoms with Crippen LogP contribution in [0.3, 0.4) is 0 Å². The van der Waals surface area contributed by atoms with Crippen molar-refractivity contribution in [2.45, 2.75) is 6.54 Å². The molecule has 1 aromatic heterocycles. The van der Waals surface area contributed by atoms with Crippen LogP contribution in [0.15, 0.2) is 38.6 Å². The number of benzene rings is 1. The number of amides is 1. The summed E-state index contributed by atoms with van der Waals surface area (Å²) in [6.45, 7) is 4.36. The second kappa shape index (κ2) is 7.90. The zero-order chi connectivity index (χ0) is 16.2. The van der Waals surface area contributed by atoms with E-state index in [0.29, 0.717) is 4.88 Å². The Morgan fingerprint density at radius 3 is 2.74 bits per heavy atom. The lowest BCUT2D eigenvalue weighted by molar-refractivity contribution is 0.0342. The average molecular weight is 460 g/mol. The van der Waals surface area contributed by atoms with E-state index in [2.05, 4.69) is 48.1 Å². The molecule has 1 amide bonds. The van der Waals surface area contributed by atoms with Gasteiger partial charge in [0.1, 0.15) is 0 Å². The van der Waals surface area contributed by atoms with E-state index in [-0.39, 0.29) is 5.91 Å². The minimum atomic E-state index is -0.0927. The Hall–Kier alpha value is -0.730. The number of ether oxygens (including phenoxy) is 1. The van der Waals surface area contributed by atoms with Crippen molar-refractivity contribution in [1.82, 2.24) is 4.90 Å². The number of halogens is 2. The van der Waals surface area contributed by atoms with Crippen molar-refractivity contribution >= 4 is 54.8 Å². The molecule has 7 heteroatoms. The summed E-state index contributed by atoms with van der Waals surface area (Å²) in [5.41, 5.74) is 2.01. The van der Waals surface area contributed by atoms with Gasteiger partial charge in [0.05, 0.1) is 21.9 Å². The van der Waals surface area contributed by atoms with Crippen molar-refractivity contribution in [2.75, 3.05) is 31.6 Å². The summed E-state index contributed by atoms with van der Waals surface area (Å²) < 4.78 is 7.19. The van der Waals surface area contributed by atoms with Crippen LogP contribution in [0.25, 0.3) is 0 Å². The Labute approximate surface area is 156 Å². The van der Waals surface area contributed by atoms with E-state index in [1.807, 2.05) is 24.3 Å². The van der Waals surface area contributed by atoms with Crippen molar-refractivity contribution in [3.8, 4) is 0 Å². The Kier molecular flexibility index (Phi) is 5.87. The minimum Gasteiger partial charge on any atom is -0.379 e. The van der Waals surface area contributed by atoms with E-state index >= 15 is 0 Å². The van der Waals surface area contributed by atoms with Crippen LogP contribution in [-0.4, -0.2) is 37.1 Å². The second-order valence-corrected chi connectivity index (χ2v) is 8.50. The van der Waals surface area contributed by atoms with E-state index in [0.717, 1.165) is 46.8 Å². The number of hydrogen-bond donors (Lipinski definition) is 1. The number of morpholine rings is 1. The van der Waals surface area contributed by atoms with Crippen molar-refractivity contribution in [3.63, 3.8) is 0 Å². The summed E-state index contributed by atoms with van der Waals surface area (Å²) in [5, 5.41) is 2.96. The first kappa shape index (κ1) is 17.1. The van der Waals surface area contributed by atoms with Crippen LogP contribution in [0.1, 0.15) is 15.2 Å². The number of anilines is 1. The van der Waals surface area contributed by atoms with Gasteiger partial charge in [0.25, 0.3) is 5.91 Å². The van der Waals surface area contributed by atoms with Crippen LogP contribution in [-0.2, 0) is 11.3 Å².